The van der Waals surface area contributed by atoms with Crippen LogP contribution in [0.3, 0.4) is 0 Å². The van der Waals surface area contributed by atoms with Crippen LogP contribution in [0, 0.1) is 6.92 Å². The zero-order chi connectivity index (χ0) is 14.0. The summed E-state index contributed by atoms with van der Waals surface area (Å²) in [6.45, 7) is 14.1. The van der Waals surface area contributed by atoms with E-state index in [0.29, 0.717) is 6.54 Å². The van der Waals surface area contributed by atoms with Gasteiger partial charge in [0.2, 0.25) is 0 Å². The fourth-order valence-electron chi connectivity index (χ4n) is 2.80. The minimum atomic E-state index is 0.274. The Balaban J connectivity index is 2.10. The van der Waals surface area contributed by atoms with Gasteiger partial charge in [-0.3, -0.25) is 4.90 Å². The van der Waals surface area contributed by atoms with Crippen LogP contribution in [0.2, 0.25) is 0 Å². The van der Waals surface area contributed by atoms with E-state index in [1.54, 1.807) is 0 Å². The molecule has 1 saturated heterocycles. The average Bonchev–Trinajstić information content (AvgIpc) is 2.37. The Morgan fingerprint density at radius 1 is 1.11 bits per heavy atom. The molecule has 0 radical (unpaired) electrons. The zero-order valence-electron chi connectivity index (χ0n) is 12.7. The highest BCUT2D eigenvalue weighted by Gasteiger charge is 2.26. The predicted octanol–water partition coefficient (Wildman–Crippen LogP) is 2.37. The lowest BCUT2D eigenvalue weighted by molar-refractivity contribution is 0.128. The molecule has 0 saturated carbocycles. The van der Waals surface area contributed by atoms with Crippen molar-refractivity contribution in [1.82, 2.24) is 4.90 Å². The van der Waals surface area contributed by atoms with Crippen LogP contribution in [0.1, 0.15) is 31.9 Å². The standard InChI is InChI=1S/C16H27N3/c1-13-5-6-15(14(11-13)12-17)18-7-9-19(10-8-18)16(2,3)4/h5-6,11H,7-10,12,17H2,1-4H3. The molecule has 0 bridgehead atoms. The third kappa shape index (κ3) is 3.28. The van der Waals surface area contributed by atoms with Gasteiger partial charge in [0.15, 0.2) is 0 Å². The summed E-state index contributed by atoms with van der Waals surface area (Å²) in [6.07, 6.45) is 0. The Morgan fingerprint density at radius 2 is 1.74 bits per heavy atom. The quantitative estimate of drug-likeness (QED) is 0.887. The SMILES string of the molecule is Cc1ccc(N2CCN(C(C)(C)C)CC2)c(CN)c1. The van der Waals surface area contributed by atoms with E-state index >= 15 is 0 Å². The van der Waals surface area contributed by atoms with Gasteiger partial charge in [-0.25, -0.2) is 0 Å². The van der Waals surface area contributed by atoms with Crippen LogP contribution in [0.15, 0.2) is 18.2 Å². The molecule has 1 aliphatic rings. The molecule has 1 heterocycles. The minimum Gasteiger partial charge on any atom is -0.369 e. The first-order valence-electron chi connectivity index (χ1n) is 7.21. The van der Waals surface area contributed by atoms with Crippen molar-refractivity contribution in [3.63, 3.8) is 0 Å². The second kappa shape index (κ2) is 5.51. The average molecular weight is 261 g/mol. The monoisotopic (exact) mass is 261 g/mol. The summed E-state index contributed by atoms with van der Waals surface area (Å²) in [5.74, 6) is 0. The van der Waals surface area contributed by atoms with Crippen LogP contribution in [0.25, 0.3) is 0 Å². The van der Waals surface area contributed by atoms with Gasteiger partial charge in [0.25, 0.3) is 0 Å². The van der Waals surface area contributed by atoms with Crippen molar-refractivity contribution in [2.75, 3.05) is 31.1 Å². The summed E-state index contributed by atoms with van der Waals surface area (Å²) in [5, 5.41) is 0. The van der Waals surface area contributed by atoms with Crippen molar-refractivity contribution in [2.24, 2.45) is 5.73 Å². The van der Waals surface area contributed by atoms with Gasteiger partial charge in [-0.2, -0.15) is 0 Å². The summed E-state index contributed by atoms with van der Waals surface area (Å²) < 4.78 is 0. The molecule has 0 unspecified atom stereocenters. The number of benzene rings is 1. The molecule has 1 aromatic carbocycles. The molecular formula is C16H27N3. The molecule has 1 aliphatic heterocycles. The van der Waals surface area contributed by atoms with E-state index in [0.717, 1.165) is 26.2 Å². The van der Waals surface area contributed by atoms with Crippen molar-refractivity contribution in [1.29, 1.82) is 0 Å². The first-order valence-corrected chi connectivity index (χ1v) is 7.21. The molecule has 3 nitrogen and oxygen atoms in total. The molecule has 0 atom stereocenters. The molecule has 0 aromatic heterocycles. The molecule has 0 aliphatic carbocycles. The molecule has 0 amide bonds. The molecule has 106 valence electrons. The summed E-state index contributed by atoms with van der Waals surface area (Å²) in [7, 11) is 0. The highest BCUT2D eigenvalue weighted by Crippen LogP contribution is 2.24. The first kappa shape index (κ1) is 14.4. The Kier molecular flexibility index (Phi) is 4.16. The zero-order valence-corrected chi connectivity index (χ0v) is 12.7. The van der Waals surface area contributed by atoms with Crippen molar-refractivity contribution in [2.45, 2.75) is 39.8 Å². The van der Waals surface area contributed by atoms with E-state index in [2.05, 4.69) is 55.7 Å². The normalized spacial score (nSPS) is 17.8. The van der Waals surface area contributed by atoms with Crippen LogP contribution in [0.5, 0.6) is 0 Å². The highest BCUT2D eigenvalue weighted by atomic mass is 15.3. The maximum absolute atomic E-state index is 5.89. The lowest BCUT2D eigenvalue weighted by atomic mass is 10.0. The number of rotatable bonds is 2. The van der Waals surface area contributed by atoms with Gasteiger partial charge in [0.05, 0.1) is 0 Å². The van der Waals surface area contributed by atoms with Gasteiger partial charge in [0.1, 0.15) is 0 Å². The van der Waals surface area contributed by atoms with Gasteiger partial charge >= 0.3 is 0 Å². The molecule has 19 heavy (non-hydrogen) atoms. The molecule has 2 N–H and O–H groups in total. The molecule has 0 spiro atoms. The summed E-state index contributed by atoms with van der Waals surface area (Å²) >= 11 is 0. The smallest absolute Gasteiger partial charge is 0.0412 e. The van der Waals surface area contributed by atoms with E-state index in [1.165, 1.54) is 16.8 Å². The van der Waals surface area contributed by atoms with Crippen LogP contribution in [-0.2, 0) is 6.54 Å². The number of nitrogens with zero attached hydrogens (tertiary/aromatic N) is 2. The Morgan fingerprint density at radius 3 is 2.26 bits per heavy atom. The predicted molar refractivity (Wildman–Crippen MR) is 82.6 cm³/mol. The van der Waals surface area contributed by atoms with Crippen molar-refractivity contribution < 1.29 is 0 Å². The van der Waals surface area contributed by atoms with Crippen LogP contribution >= 0.6 is 0 Å². The second-order valence-corrected chi connectivity index (χ2v) is 6.48. The molecule has 1 fully saturated rings. The largest absolute Gasteiger partial charge is 0.369 e. The van der Waals surface area contributed by atoms with E-state index < -0.39 is 0 Å². The lowest BCUT2D eigenvalue weighted by Gasteiger charge is -2.43. The Bertz CT molecular complexity index is 426. The van der Waals surface area contributed by atoms with Crippen molar-refractivity contribution in [3.05, 3.63) is 29.3 Å². The van der Waals surface area contributed by atoms with Crippen LogP contribution in [-0.4, -0.2) is 36.6 Å². The minimum absolute atomic E-state index is 0.274. The lowest BCUT2D eigenvalue weighted by Crippen LogP contribution is -2.53. The van der Waals surface area contributed by atoms with Gasteiger partial charge < -0.3 is 10.6 Å². The van der Waals surface area contributed by atoms with Gasteiger partial charge in [-0.05, 0) is 39.3 Å². The maximum Gasteiger partial charge on any atom is 0.0412 e. The number of nitrogens with two attached hydrogens (primary N) is 1. The van der Waals surface area contributed by atoms with Crippen LogP contribution < -0.4 is 10.6 Å². The number of piperazine rings is 1. The summed E-state index contributed by atoms with van der Waals surface area (Å²) in [6, 6.07) is 6.63. The Labute approximate surface area is 117 Å². The van der Waals surface area contributed by atoms with Gasteiger partial charge in [-0.1, -0.05) is 17.7 Å². The van der Waals surface area contributed by atoms with E-state index in [-0.39, 0.29) is 5.54 Å². The molecule has 3 heteroatoms. The summed E-state index contributed by atoms with van der Waals surface area (Å²) in [5.41, 5.74) is 10.0. The Hall–Kier alpha value is -1.06. The first-order chi connectivity index (χ1) is 8.91. The highest BCUT2D eigenvalue weighted by molar-refractivity contribution is 5.55. The van der Waals surface area contributed by atoms with E-state index in [9.17, 15) is 0 Å². The van der Waals surface area contributed by atoms with Crippen molar-refractivity contribution in [3.8, 4) is 0 Å². The number of hydrogen-bond donors (Lipinski definition) is 1. The molecule has 2 rings (SSSR count). The van der Waals surface area contributed by atoms with E-state index in [4.69, 9.17) is 5.73 Å². The second-order valence-electron chi connectivity index (χ2n) is 6.48. The van der Waals surface area contributed by atoms with Gasteiger partial charge in [0, 0.05) is 44.0 Å². The molecule has 1 aromatic rings. The van der Waals surface area contributed by atoms with Gasteiger partial charge in [-0.15, -0.1) is 0 Å². The maximum atomic E-state index is 5.89. The summed E-state index contributed by atoms with van der Waals surface area (Å²) in [4.78, 5) is 5.03. The van der Waals surface area contributed by atoms with E-state index in [1.807, 2.05) is 0 Å². The fourth-order valence-corrected chi connectivity index (χ4v) is 2.80. The number of aryl methyl sites for hydroxylation is 1. The molecular weight excluding hydrogens is 234 g/mol. The number of hydrogen-bond acceptors (Lipinski definition) is 3. The fraction of sp³-hybridized carbons (Fsp3) is 0.625. The van der Waals surface area contributed by atoms with Crippen LogP contribution in [0.4, 0.5) is 5.69 Å². The topological polar surface area (TPSA) is 32.5 Å². The number of anilines is 1. The third-order valence-corrected chi connectivity index (χ3v) is 4.02. The van der Waals surface area contributed by atoms with Crippen molar-refractivity contribution >= 4 is 5.69 Å². The third-order valence-electron chi connectivity index (χ3n) is 4.02.